The Labute approximate surface area is 148 Å². The van der Waals surface area contributed by atoms with E-state index in [1.807, 2.05) is 30.3 Å². The summed E-state index contributed by atoms with van der Waals surface area (Å²) in [7, 11) is -2.14. The zero-order chi connectivity index (χ0) is 18.3. The highest BCUT2D eigenvalue weighted by Gasteiger charge is 2.24. The number of methoxy groups -OCH3 is 1. The Morgan fingerprint density at radius 1 is 1.08 bits per heavy atom. The number of nitrogens with zero attached hydrogens (tertiary/aromatic N) is 1. The maximum Gasteiger partial charge on any atom is 0.243 e. The summed E-state index contributed by atoms with van der Waals surface area (Å²) in [5, 5.41) is 2.62. The highest BCUT2D eigenvalue weighted by molar-refractivity contribution is 7.89. The van der Waals surface area contributed by atoms with Gasteiger partial charge >= 0.3 is 0 Å². The van der Waals surface area contributed by atoms with Crippen LogP contribution in [0.4, 0.5) is 5.69 Å². The van der Waals surface area contributed by atoms with Gasteiger partial charge in [0, 0.05) is 32.8 Å². The summed E-state index contributed by atoms with van der Waals surface area (Å²) in [6, 6.07) is 15.5. The number of hydrogen-bond donors (Lipinski definition) is 1. The highest BCUT2D eigenvalue weighted by atomic mass is 32.2. The SMILES string of the molecule is COCCN(Cc1ccccc1)S(=O)(=O)c1ccc(NC(C)=O)cc1. The fourth-order valence-electron chi connectivity index (χ4n) is 2.33. The molecule has 25 heavy (non-hydrogen) atoms. The molecule has 0 saturated carbocycles. The first-order valence-electron chi connectivity index (χ1n) is 7.84. The second-order valence-corrected chi connectivity index (χ2v) is 7.46. The summed E-state index contributed by atoms with van der Waals surface area (Å²) in [4.78, 5) is 11.2. The molecule has 6 nitrogen and oxygen atoms in total. The lowest BCUT2D eigenvalue weighted by Gasteiger charge is -2.22. The Balaban J connectivity index is 2.25. The van der Waals surface area contributed by atoms with Gasteiger partial charge in [-0.25, -0.2) is 8.42 Å². The van der Waals surface area contributed by atoms with Crippen molar-refractivity contribution in [3.63, 3.8) is 0 Å². The smallest absolute Gasteiger partial charge is 0.243 e. The molecule has 0 heterocycles. The average Bonchev–Trinajstić information content (AvgIpc) is 2.59. The summed E-state index contributed by atoms with van der Waals surface area (Å²) in [5.41, 5.74) is 1.45. The Kier molecular flexibility index (Phi) is 6.69. The van der Waals surface area contributed by atoms with E-state index >= 15 is 0 Å². The number of hydrogen-bond acceptors (Lipinski definition) is 4. The first kappa shape index (κ1) is 19.1. The Morgan fingerprint density at radius 3 is 2.28 bits per heavy atom. The summed E-state index contributed by atoms with van der Waals surface area (Å²) in [6.45, 7) is 2.22. The van der Waals surface area contributed by atoms with Crippen molar-refractivity contribution in [2.24, 2.45) is 0 Å². The van der Waals surface area contributed by atoms with Crippen molar-refractivity contribution in [3.8, 4) is 0 Å². The van der Waals surface area contributed by atoms with Gasteiger partial charge in [-0.2, -0.15) is 4.31 Å². The van der Waals surface area contributed by atoms with E-state index in [1.54, 1.807) is 12.1 Å². The molecule has 0 spiro atoms. The molecule has 0 atom stereocenters. The van der Waals surface area contributed by atoms with Gasteiger partial charge in [0.15, 0.2) is 0 Å². The minimum absolute atomic E-state index is 0.175. The van der Waals surface area contributed by atoms with Crippen molar-refractivity contribution in [2.45, 2.75) is 18.4 Å². The fraction of sp³-hybridized carbons (Fsp3) is 0.278. The Bertz CT molecular complexity index is 790. The van der Waals surface area contributed by atoms with E-state index < -0.39 is 10.0 Å². The van der Waals surface area contributed by atoms with E-state index in [-0.39, 0.29) is 23.9 Å². The lowest BCUT2D eigenvalue weighted by Crippen LogP contribution is -2.33. The number of carbonyl (C=O) groups is 1. The largest absolute Gasteiger partial charge is 0.383 e. The zero-order valence-electron chi connectivity index (χ0n) is 14.3. The second kappa shape index (κ2) is 8.75. The molecule has 1 N–H and O–H groups in total. The maximum absolute atomic E-state index is 13.0. The number of nitrogens with one attached hydrogen (secondary N) is 1. The molecule has 0 bridgehead atoms. The van der Waals surface area contributed by atoms with E-state index in [0.717, 1.165) is 5.56 Å². The predicted octanol–water partition coefficient (Wildman–Crippen LogP) is 2.48. The van der Waals surface area contributed by atoms with E-state index in [9.17, 15) is 13.2 Å². The number of anilines is 1. The molecule has 134 valence electrons. The molecule has 7 heteroatoms. The van der Waals surface area contributed by atoms with Crippen LogP contribution in [0.3, 0.4) is 0 Å². The number of rotatable bonds is 8. The van der Waals surface area contributed by atoms with Crippen molar-refractivity contribution < 1.29 is 17.9 Å². The number of sulfonamides is 1. The monoisotopic (exact) mass is 362 g/mol. The molecule has 0 unspecified atom stereocenters. The van der Waals surface area contributed by atoms with Crippen molar-refractivity contribution in [3.05, 3.63) is 60.2 Å². The van der Waals surface area contributed by atoms with Crippen LogP contribution in [0.5, 0.6) is 0 Å². The van der Waals surface area contributed by atoms with E-state index in [1.165, 1.54) is 30.5 Å². The summed E-state index contributed by atoms with van der Waals surface area (Å²) in [6.07, 6.45) is 0. The molecule has 0 aromatic heterocycles. The molecular weight excluding hydrogens is 340 g/mol. The van der Waals surface area contributed by atoms with Gasteiger partial charge in [-0.3, -0.25) is 4.79 Å². The molecule has 0 aliphatic rings. The van der Waals surface area contributed by atoms with Gasteiger partial charge in [0.1, 0.15) is 0 Å². The van der Waals surface area contributed by atoms with Gasteiger partial charge in [0.05, 0.1) is 11.5 Å². The summed E-state index contributed by atoms with van der Waals surface area (Å²) >= 11 is 0. The molecule has 0 fully saturated rings. The standard InChI is InChI=1S/C18H22N2O4S/c1-15(21)19-17-8-10-18(11-9-17)25(22,23)20(12-13-24-2)14-16-6-4-3-5-7-16/h3-11H,12-14H2,1-2H3,(H,19,21). The zero-order valence-corrected chi connectivity index (χ0v) is 15.1. The van der Waals surface area contributed by atoms with E-state index in [0.29, 0.717) is 12.3 Å². The lowest BCUT2D eigenvalue weighted by molar-refractivity contribution is -0.114. The van der Waals surface area contributed by atoms with Crippen LogP contribution >= 0.6 is 0 Å². The van der Waals surface area contributed by atoms with Gasteiger partial charge in [-0.15, -0.1) is 0 Å². The van der Waals surface area contributed by atoms with Crippen LogP contribution in [0.25, 0.3) is 0 Å². The topological polar surface area (TPSA) is 75.7 Å². The molecule has 0 aliphatic heterocycles. The third-order valence-corrected chi connectivity index (χ3v) is 5.42. The van der Waals surface area contributed by atoms with Crippen LogP contribution in [0.1, 0.15) is 12.5 Å². The van der Waals surface area contributed by atoms with Gasteiger partial charge < -0.3 is 10.1 Å². The predicted molar refractivity (Wildman–Crippen MR) is 96.7 cm³/mol. The van der Waals surface area contributed by atoms with Gasteiger partial charge in [0.25, 0.3) is 0 Å². The Hall–Kier alpha value is -2.22. The normalized spacial score (nSPS) is 11.5. The summed E-state index contributed by atoms with van der Waals surface area (Å²) in [5.74, 6) is -0.207. The molecule has 2 aromatic rings. The number of carbonyl (C=O) groups excluding carboxylic acids is 1. The van der Waals surface area contributed by atoms with Crippen LogP contribution in [0, 0.1) is 0 Å². The number of ether oxygens (including phenoxy) is 1. The van der Waals surface area contributed by atoms with Crippen molar-refractivity contribution in [1.29, 1.82) is 0 Å². The van der Waals surface area contributed by atoms with Crippen LogP contribution in [0.15, 0.2) is 59.5 Å². The molecule has 1 amide bonds. The molecule has 2 rings (SSSR count). The van der Waals surface area contributed by atoms with Crippen LogP contribution in [0.2, 0.25) is 0 Å². The lowest BCUT2D eigenvalue weighted by atomic mass is 10.2. The molecule has 0 radical (unpaired) electrons. The third-order valence-electron chi connectivity index (χ3n) is 3.56. The first-order chi connectivity index (χ1) is 11.9. The van der Waals surface area contributed by atoms with Crippen LogP contribution in [-0.4, -0.2) is 38.9 Å². The first-order valence-corrected chi connectivity index (χ1v) is 9.28. The maximum atomic E-state index is 13.0. The van der Waals surface area contributed by atoms with Gasteiger partial charge in [0.2, 0.25) is 15.9 Å². The van der Waals surface area contributed by atoms with Gasteiger partial charge in [-0.1, -0.05) is 30.3 Å². The number of amides is 1. The molecule has 0 aliphatic carbocycles. The molecule has 2 aromatic carbocycles. The second-order valence-electron chi connectivity index (χ2n) is 5.52. The number of benzene rings is 2. The van der Waals surface area contributed by atoms with Gasteiger partial charge in [-0.05, 0) is 29.8 Å². The minimum atomic E-state index is -3.68. The quantitative estimate of drug-likeness (QED) is 0.783. The molecule has 0 saturated heterocycles. The minimum Gasteiger partial charge on any atom is -0.383 e. The average molecular weight is 362 g/mol. The van der Waals surface area contributed by atoms with Crippen LogP contribution in [-0.2, 0) is 26.1 Å². The van der Waals surface area contributed by atoms with E-state index in [2.05, 4.69) is 5.32 Å². The Morgan fingerprint density at radius 2 is 1.72 bits per heavy atom. The molecular formula is C18H22N2O4S. The third kappa shape index (κ3) is 5.38. The summed E-state index contributed by atoms with van der Waals surface area (Å²) < 4.78 is 32.4. The van der Waals surface area contributed by atoms with E-state index in [4.69, 9.17) is 4.74 Å². The highest BCUT2D eigenvalue weighted by Crippen LogP contribution is 2.20. The van der Waals surface area contributed by atoms with Crippen molar-refractivity contribution in [1.82, 2.24) is 4.31 Å². The van der Waals surface area contributed by atoms with Crippen molar-refractivity contribution in [2.75, 3.05) is 25.6 Å². The van der Waals surface area contributed by atoms with Crippen LogP contribution < -0.4 is 5.32 Å². The van der Waals surface area contributed by atoms with Crippen molar-refractivity contribution >= 4 is 21.6 Å². The fourth-order valence-corrected chi connectivity index (χ4v) is 3.74.